The zero-order valence-corrected chi connectivity index (χ0v) is 18.5. The Balaban J connectivity index is 1.85. The van der Waals surface area contributed by atoms with Crippen molar-refractivity contribution < 1.29 is 22.4 Å². The SMILES string of the molecule is N#Cc1cc(NC(=O)[C@H](Cc2ccccc2)NC(=O)c2ccc(F)cc2)ccc1S(=O)(=O)Cl. The van der Waals surface area contributed by atoms with Gasteiger partial charge in [-0.15, -0.1) is 0 Å². The maximum absolute atomic E-state index is 13.2. The summed E-state index contributed by atoms with van der Waals surface area (Å²) in [4.78, 5) is 25.3. The number of anilines is 1. The predicted molar refractivity (Wildman–Crippen MR) is 121 cm³/mol. The highest BCUT2D eigenvalue weighted by Crippen LogP contribution is 2.23. The van der Waals surface area contributed by atoms with E-state index in [0.717, 1.165) is 23.8 Å². The summed E-state index contributed by atoms with van der Waals surface area (Å²) in [7, 11) is 1.19. The second-order valence-electron chi connectivity index (χ2n) is 6.97. The van der Waals surface area contributed by atoms with Gasteiger partial charge in [-0.25, -0.2) is 12.8 Å². The summed E-state index contributed by atoms with van der Waals surface area (Å²) in [5, 5.41) is 14.4. The molecule has 33 heavy (non-hydrogen) atoms. The highest BCUT2D eigenvalue weighted by Gasteiger charge is 2.23. The molecule has 168 valence electrons. The molecule has 0 saturated heterocycles. The molecule has 7 nitrogen and oxygen atoms in total. The summed E-state index contributed by atoms with van der Waals surface area (Å²) in [6, 6.07) is 18.1. The van der Waals surface area contributed by atoms with Gasteiger partial charge >= 0.3 is 0 Å². The Morgan fingerprint density at radius 1 is 1.03 bits per heavy atom. The number of nitrogens with one attached hydrogen (secondary N) is 2. The smallest absolute Gasteiger partial charge is 0.262 e. The molecule has 0 radical (unpaired) electrons. The molecule has 0 saturated carbocycles. The van der Waals surface area contributed by atoms with Gasteiger partial charge in [-0.2, -0.15) is 5.26 Å². The average Bonchev–Trinajstić information content (AvgIpc) is 2.78. The molecule has 1 atom stereocenters. The van der Waals surface area contributed by atoms with E-state index in [-0.39, 0.29) is 28.1 Å². The molecule has 2 N–H and O–H groups in total. The number of nitriles is 1. The van der Waals surface area contributed by atoms with E-state index < -0.39 is 32.7 Å². The van der Waals surface area contributed by atoms with Crippen molar-refractivity contribution >= 4 is 37.2 Å². The Morgan fingerprint density at radius 3 is 2.30 bits per heavy atom. The molecule has 0 aromatic heterocycles. The number of rotatable bonds is 7. The molecule has 0 unspecified atom stereocenters. The number of halogens is 2. The van der Waals surface area contributed by atoms with E-state index >= 15 is 0 Å². The average molecular weight is 486 g/mol. The Kier molecular flexibility index (Phi) is 7.43. The topological polar surface area (TPSA) is 116 Å². The molecule has 3 aromatic carbocycles. The van der Waals surface area contributed by atoms with Gasteiger partial charge < -0.3 is 10.6 Å². The number of carbonyl (C=O) groups excluding carboxylic acids is 2. The molecule has 3 rings (SSSR count). The molecular weight excluding hydrogens is 469 g/mol. The van der Waals surface area contributed by atoms with Gasteiger partial charge in [0.2, 0.25) is 5.91 Å². The third kappa shape index (κ3) is 6.38. The minimum atomic E-state index is -4.14. The maximum atomic E-state index is 13.2. The van der Waals surface area contributed by atoms with Crippen molar-refractivity contribution in [1.29, 1.82) is 5.26 Å². The van der Waals surface area contributed by atoms with Crippen LogP contribution >= 0.6 is 10.7 Å². The van der Waals surface area contributed by atoms with E-state index in [0.29, 0.717) is 0 Å². The normalized spacial score (nSPS) is 11.8. The molecule has 3 aromatic rings. The highest BCUT2D eigenvalue weighted by atomic mass is 35.7. The summed E-state index contributed by atoms with van der Waals surface area (Å²) in [5.41, 5.74) is 0.858. The van der Waals surface area contributed by atoms with Gasteiger partial charge in [-0.1, -0.05) is 30.3 Å². The zero-order valence-electron chi connectivity index (χ0n) is 17.0. The van der Waals surface area contributed by atoms with Crippen LogP contribution in [-0.4, -0.2) is 26.3 Å². The van der Waals surface area contributed by atoms with Crippen molar-refractivity contribution in [3.63, 3.8) is 0 Å². The number of hydrogen-bond acceptors (Lipinski definition) is 5. The van der Waals surface area contributed by atoms with Gasteiger partial charge in [0, 0.05) is 28.4 Å². The Morgan fingerprint density at radius 2 is 1.70 bits per heavy atom. The van der Waals surface area contributed by atoms with Gasteiger partial charge in [0.05, 0.1) is 5.56 Å². The van der Waals surface area contributed by atoms with Gasteiger partial charge in [-0.3, -0.25) is 9.59 Å². The lowest BCUT2D eigenvalue weighted by atomic mass is 10.0. The van der Waals surface area contributed by atoms with Crippen molar-refractivity contribution in [3.05, 3.63) is 95.3 Å². The Labute approximate surface area is 194 Å². The molecule has 0 aliphatic carbocycles. The van der Waals surface area contributed by atoms with Crippen LogP contribution in [0.5, 0.6) is 0 Å². The van der Waals surface area contributed by atoms with Crippen LogP contribution in [0.3, 0.4) is 0 Å². The van der Waals surface area contributed by atoms with Crippen LogP contribution in [-0.2, 0) is 20.3 Å². The van der Waals surface area contributed by atoms with Gasteiger partial charge in [0.15, 0.2) is 0 Å². The van der Waals surface area contributed by atoms with Crippen molar-refractivity contribution in [3.8, 4) is 6.07 Å². The van der Waals surface area contributed by atoms with Crippen LogP contribution in [0, 0.1) is 17.1 Å². The minimum absolute atomic E-state index is 0.148. The maximum Gasteiger partial charge on any atom is 0.262 e. The number of carbonyl (C=O) groups is 2. The first kappa shape index (κ1) is 23.9. The summed E-state index contributed by atoms with van der Waals surface area (Å²) < 4.78 is 36.4. The second kappa shape index (κ2) is 10.3. The Bertz CT molecular complexity index is 1320. The second-order valence-corrected chi connectivity index (χ2v) is 9.51. The van der Waals surface area contributed by atoms with Crippen molar-refractivity contribution in [2.45, 2.75) is 17.4 Å². The van der Waals surface area contributed by atoms with Gasteiger partial charge in [0.25, 0.3) is 15.0 Å². The molecule has 0 aliphatic rings. The molecule has 0 spiro atoms. The fourth-order valence-corrected chi connectivity index (χ4v) is 4.04. The quantitative estimate of drug-likeness (QED) is 0.496. The first-order valence-corrected chi connectivity index (χ1v) is 11.9. The van der Waals surface area contributed by atoms with Crippen LogP contribution in [0.25, 0.3) is 0 Å². The largest absolute Gasteiger partial charge is 0.340 e. The van der Waals surface area contributed by atoms with Gasteiger partial charge in [0.1, 0.15) is 22.8 Å². The summed E-state index contributed by atoms with van der Waals surface area (Å²) in [6.45, 7) is 0. The molecule has 2 amide bonds. The molecule has 0 bridgehead atoms. The summed E-state index contributed by atoms with van der Waals surface area (Å²) >= 11 is 0. The minimum Gasteiger partial charge on any atom is -0.340 e. The summed E-state index contributed by atoms with van der Waals surface area (Å²) in [5.74, 6) is -1.67. The molecule has 0 aliphatic heterocycles. The molecule has 0 heterocycles. The Hall–Kier alpha value is -3.74. The number of benzene rings is 3. The monoisotopic (exact) mass is 485 g/mol. The van der Waals surface area contributed by atoms with E-state index in [4.69, 9.17) is 10.7 Å². The van der Waals surface area contributed by atoms with E-state index in [9.17, 15) is 27.7 Å². The van der Waals surface area contributed by atoms with Crippen LogP contribution < -0.4 is 10.6 Å². The van der Waals surface area contributed by atoms with E-state index in [1.807, 2.05) is 6.07 Å². The first-order chi connectivity index (χ1) is 15.7. The molecule has 10 heteroatoms. The van der Waals surface area contributed by atoms with Crippen molar-refractivity contribution in [2.24, 2.45) is 0 Å². The number of nitrogens with zero attached hydrogens (tertiary/aromatic N) is 1. The van der Waals surface area contributed by atoms with E-state index in [1.54, 1.807) is 30.3 Å². The lowest BCUT2D eigenvalue weighted by Crippen LogP contribution is -2.45. The lowest BCUT2D eigenvalue weighted by molar-refractivity contribution is -0.118. The van der Waals surface area contributed by atoms with Crippen molar-refractivity contribution in [2.75, 3.05) is 5.32 Å². The fourth-order valence-electron chi connectivity index (χ4n) is 3.04. The van der Waals surface area contributed by atoms with Crippen LogP contribution in [0.4, 0.5) is 10.1 Å². The molecule has 0 fully saturated rings. The number of amides is 2. The van der Waals surface area contributed by atoms with Gasteiger partial charge in [-0.05, 0) is 48.0 Å². The standard InChI is InChI=1S/C23H17ClFN3O4S/c24-33(31,32)21-11-10-19(13-17(21)14-26)27-23(30)20(12-15-4-2-1-3-5-15)28-22(29)16-6-8-18(25)9-7-16/h1-11,13,20H,12H2,(H,27,30)(H,28,29)/t20-/m0/s1. The van der Waals surface area contributed by atoms with Crippen LogP contribution in [0.15, 0.2) is 77.7 Å². The van der Waals surface area contributed by atoms with E-state index in [2.05, 4.69) is 10.6 Å². The summed E-state index contributed by atoms with van der Waals surface area (Å²) in [6.07, 6.45) is 0.152. The van der Waals surface area contributed by atoms with Crippen molar-refractivity contribution in [1.82, 2.24) is 5.32 Å². The highest BCUT2D eigenvalue weighted by molar-refractivity contribution is 8.13. The lowest BCUT2D eigenvalue weighted by Gasteiger charge is -2.19. The zero-order chi connectivity index (χ0) is 24.0. The number of hydrogen-bond donors (Lipinski definition) is 2. The predicted octanol–water partition coefficient (Wildman–Crippen LogP) is 3.60. The first-order valence-electron chi connectivity index (χ1n) is 9.57. The molecular formula is C23H17ClFN3O4S. The van der Waals surface area contributed by atoms with Crippen LogP contribution in [0.2, 0.25) is 0 Å². The van der Waals surface area contributed by atoms with E-state index in [1.165, 1.54) is 24.3 Å². The fraction of sp³-hybridized carbons (Fsp3) is 0.0870. The van der Waals surface area contributed by atoms with Crippen LogP contribution in [0.1, 0.15) is 21.5 Å². The third-order valence-corrected chi connectivity index (χ3v) is 6.02. The third-order valence-electron chi connectivity index (χ3n) is 4.64.